The number of nitrogens with two attached hydrogens (primary N) is 1. The van der Waals surface area contributed by atoms with Crippen molar-refractivity contribution in [3.8, 4) is 0 Å². The molecule has 0 radical (unpaired) electrons. The van der Waals surface area contributed by atoms with Crippen molar-refractivity contribution < 1.29 is 4.52 Å². The van der Waals surface area contributed by atoms with Crippen LogP contribution in [0, 0.1) is 12.8 Å². The standard InChI is InChI=1S/C9H15N3O/c1-7-4-9(11-13-7)12-3-2-8(5-10)6-12/h4,8H,2-3,5-6,10H2,1H3. The van der Waals surface area contributed by atoms with Crippen LogP contribution < -0.4 is 10.6 Å². The van der Waals surface area contributed by atoms with Crippen molar-refractivity contribution in [3.05, 3.63) is 11.8 Å². The maximum atomic E-state index is 5.61. The molecular formula is C9H15N3O. The summed E-state index contributed by atoms with van der Waals surface area (Å²) in [5.41, 5.74) is 5.61. The lowest BCUT2D eigenvalue weighted by Gasteiger charge is -2.13. The van der Waals surface area contributed by atoms with Gasteiger partial charge in [0, 0.05) is 19.2 Å². The second kappa shape index (κ2) is 3.38. The minimum atomic E-state index is 0.622. The maximum Gasteiger partial charge on any atom is 0.172 e. The number of aromatic nitrogens is 1. The van der Waals surface area contributed by atoms with E-state index in [9.17, 15) is 0 Å². The summed E-state index contributed by atoms with van der Waals surface area (Å²) in [5, 5.41) is 3.98. The van der Waals surface area contributed by atoms with Gasteiger partial charge in [-0.2, -0.15) is 0 Å². The highest BCUT2D eigenvalue weighted by Gasteiger charge is 2.23. The van der Waals surface area contributed by atoms with Crippen molar-refractivity contribution in [1.29, 1.82) is 0 Å². The van der Waals surface area contributed by atoms with Gasteiger partial charge in [0.1, 0.15) is 5.76 Å². The molecule has 4 nitrogen and oxygen atoms in total. The zero-order valence-electron chi connectivity index (χ0n) is 7.86. The molecule has 1 atom stereocenters. The number of aryl methyl sites for hydroxylation is 1. The Balaban J connectivity index is 2.03. The van der Waals surface area contributed by atoms with Crippen LogP contribution in [0.5, 0.6) is 0 Å². The van der Waals surface area contributed by atoms with Gasteiger partial charge in [-0.1, -0.05) is 5.16 Å². The zero-order chi connectivity index (χ0) is 9.26. The molecule has 4 heteroatoms. The quantitative estimate of drug-likeness (QED) is 0.732. The van der Waals surface area contributed by atoms with E-state index in [0.717, 1.165) is 31.2 Å². The molecule has 0 amide bonds. The van der Waals surface area contributed by atoms with E-state index in [1.54, 1.807) is 0 Å². The van der Waals surface area contributed by atoms with Crippen LogP contribution in [-0.2, 0) is 0 Å². The topological polar surface area (TPSA) is 55.3 Å². The summed E-state index contributed by atoms with van der Waals surface area (Å²) in [6.07, 6.45) is 1.17. The number of rotatable bonds is 2. The van der Waals surface area contributed by atoms with Crippen molar-refractivity contribution >= 4 is 5.82 Å². The first kappa shape index (κ1) is 8.56. The number of nitrogens with zero attached hydrogens (tertiary/aromatic N) is 2. The summed E-state index contributed by atoms with van der Waals surface area (Å²) < 4.78 is 5.02. The summed E-state index contributed by atoms with van der Waals surface area (Å²) in [6, 6.07) is 1.97. The van der Waals surface area contributed by atoms with E-state index in [2.05, 4.69) is 10.1 Å². The third-order valence-electron chi connectivity index (χ3n) is 2.56. The number of hydrogen-bond acceptors (Lipinski definition) is 4. The average molecular weight is 181 g/mol. The van der Waals surface area contributed by atoms with Gasteiger partial charge in [0.25, 0.3) is 0 Å². The van der Waals surface area contributed by atoms with E-state index >= 15 is 0 Å². The summed E-state index contributed by atoms with van der Waals surface area (Å²) in [7, 11) is 0. The first-order chi connectivity index (χ1) is 6.29. The highest BCUT2D eigenvalue weighted by Crippen LogP contribution is 2.22. The first-order valence-corrected chi connectivity index (χ1v) is 4.68. The van der Waals surface area contributed by atoms with Crippen LogP contribution in [0.2, 0.25) is 0 Å². The van der Waals surface area contributed by atoms with Crippen molar-refractivity contribution in [2.24, 2.45) is 11.7 Å². The van der Waals surface area contributed by atoms with Gasteiger partial charge >= 0.3 is 0 Å². The van der Waals surface area contributed by atoms with Crippen molar-refractivity contribution in [1.82, 2.24) is 5.16 Å². The summed E-state index contributed by atoms with van der Waals surface area (Å²) in [5.74, 6) is 2.44. The summed E-state index contributed by atoms with van der Waals surface area (Å²) in [4.78, 5) is 2.23. The minimum Gasteiger partial charge on any atom is -0.360 e. The zero-order valence-corrected chi connectivity index (χ0v) is 7.86. The largest absolute Gasteiger partial charge is 0.360 e. The van der Waals surface area contributed by atoms with Gasteiger partial charge in [-0.3, -0.25) is 0 Å². The predicted octanol–water partition coefficient (Wildman–Crippen LogP) is 0.768. The van der Waals surface area contributed by atoms with Gasteiger partial charge in [0.15, 0.2) is 5.82 Å². The SMILES string of the molecule is Cc1cc(N2CCC(CN)C2)no1. The summed E-state index contributed by atoms with van der Waals surface area (Å²) in [6.45, 7) is 4.75. The Bertz CT molecular complexity index is 284. The summed E-state index contributed by atoms with van der Waals surface area (Å²) >= 11 is 0. The molecule has 2 heterocycles. The molecule has 0 bridgehead atoms. The second-order valence-electron chi connectivity index (χ2n) is 3.63. The van der Waals surface area contributed by atoms with E-state index in [4.69, 9.17) is 10.3 Å². The molecule has 1 aliphatic rings. The minimum absolute atomic E-state index is 0.622. The van der Waals surface area contributed by atoms with Gasteiger partial charge in [-0.25, -0.2) is 0 Å². The Hall–Kier alpha value is -1.03. The molecule has 1 unspecified atom stereocenters. The monoisotopic (exact) mass is 181 g/mol. The lowest BCUT2D eigenvalue weighted by molar-refractivity contribution is 0.397. The van der Waals surface area contributed by atoms with Gasteiger partial charge < -0.3 is 15.2 Å². The maximum absolute atomic E-state index is 5.61. The highest BCUT2D eigenvalue weighted by atomic mass is 16.5. The van der Waals surface area contributed by atoms with Crippen LogP contribution in [0.25, 0.3) is 0 Å². The molecule has 2 N–H and O–H groups in total. The molecule has 0 aliphatic carbocycles. The molecule has 13 heavy (non-hydrogen) atoms. The molecule has 1 saturated heterocycles. The fraction of sp³-hybridized carbons (Fsp3) is 0.667. The van der Waals surface area contributed by atoms with Crippen LogP contribution in [0.15, 0.2) is 10.6 Å². The molecule has 0 saturated carbocycles. The molecule has 2 rings (SSSR count). The fourth-order valence-corrected chi connectivity index (χ4v) is 1.74. The normalized spacial score (nSPS) is 22.6. The molecule has 72 valence electrons. The molecule has 0 spiro atoms. The van der Waals surface area contributed by atoms with Gasteiger partial charge in [0.2, 0.25) is 0 Å². The molecule has 1 aromatic heterocycles. The Morgan fingerprint density at radius 2 is 2.62 bits per heavy atom. The lowest BCUT2D eigenvalue weighted by atomic mass is 10.1. The average Bonchev–Trinajstić information content (AvgIpc) is 2.71. The fourth-order valence-electron chi connectivity index (χ4n) is 1.74. The van der Waals surface area contributed by atoms with Gasteiger partial charge in [-0.05, 0) is 25.8 Å². The van der Waals surface area contributed by atoms with Crippen LogP contribution >= 0.6 is 0 Å². The molecule has 1 fully saturated rings. The van der Waals surface area contributed by atoms with Crippen LogP contribution in [0.3, 0.4) is 0 Å². The van der Waals surface area contributed by atoms with E-state index < -0.39 is 0 Å². The number of anilines is 1. The van der Waals surface area contributed by atoms with Crippen LogP contribution in [0.4, 0.5) is 5.82 Å². The third-order valence-corrected chi connectivity index (χ3v) is 2.56. The van der Waals surface area contributed by atoms with Gasteiger partial charge in [-0.15, -0.1) is 0 Å². The van der Waals surface area contributed by atoms with Crippen molar-refractivity contribution in [3.63, 3.8) is 0 Å². The Labute approximate surface area is 77.7 Å². The van der Waals surface area contributed by atoms with E-state index in [0.29, 0.717) is 5.92 Å². The van der Waals surface area contributed by atoms with Crippen LogP contribution in [-0.4, -0.2) is 24.8 Å². The Morgan fingerprint density at radius 3 is 3.15 bits per heavy atom. The Morgan fingerprint density at radius 1 is 1.77 bits per heavy atom. The predicted molar refractivity (Wildman–Crippen MR) is 50.6 cm³/mol. The smallest absolute Gasteiger partial charge is 0.172 e. The highest BCUT2D eigenvalue weighted by molar-refractivity contribution is 5.39. The number of hydrogen-bond donors (Lipinski definition) is 1. The second-order valence-corrected chi connectivity index (χ2v) is 3.63. The molecule has 0 aromatic carbocycles. The van der Waals surface area contributed by atoms with Crippen molar-refractivity contribution in [2.75, 3.05) is 24.5 Å². The molecule has 1 aliphatic heterocycles. The van der Waals surface area contributed by atoms with E-state index in [1.807, 2.05) is 13.0 Å². The van der Waals surface area contributed by atoms with Gasteiger partial charge in [0.05, 0.1) is 0 Å². The molecular weight excluding hydrogens is 166 g/mol. The van der Waals surface area contributed by atoms with Crippen molar-refractivity contribution in [2.45, 2.75) is 13.3 Å². The Kier molecular flexibility index (Phi) is 2.22. The lowest BCUT2D eigenvalue weighted by Crippen LogP contribution is -2.22. The van der Waals surface area contributed by atoms with Crippen LogP contribution in [0.1, 0.15) is 12.2 Å². The van der Waals surface area contributed by atoms with E-state index in [1.165, 1.54) is 6.42 Å². The first-order valence-electron chi connectivity index (χ1n) is 4.68. The molecule has 1 aromatic rings. The third kappa shape index (κ3) is 1.67. The van der Waals surface area contributed by atoms with E-state index in [-0.39, 0.29) is 0 Å².